The van der Waals surface area contributed by atoms with Gasteiger partial charge in [-0.3, -0.25) is 4.98 Å². The summed E-state index contributed by atoms with van der Waals surface area (Å²) in [4.78, 5) is 3.66. The normalized spacial score (nSPS) is 6.86. The number of hydrogen-bond acceptors (Lipinski definition) is 1. The Morgan fingerprint density at radius 2 is 2.14 bits per heavy atom. The molecule has 0 aliphatic rings. The summed E-state index contributed by atoms with van der Waals surface area (Å²) in [6.07, 6.45) is 4.34. The Balaban J connectivity index is 0.000000360. The molecule has 0 saturated heterocycles. The standard InChI is InChI=1S/C5H4N.ClH/c1-2-4-6-5-3-1;/h1-4H;1H. The molecule has 0 aliphatic heterocycles. The smallest absolute Gasteiger partial charge is 0.0886 e. The highest BCUT2D eigenvalue weighted by molar-refractivity contribution is 5.85. The van der Waals surface area contributed by atoms with Crippen LogP contribution >= 0.6 is 12.4 Å². The second-order valence-electron chi connectivity index (χ2n) is 0.959. The van der Waals surface area contributed by atoms with Gasteiger partial charge in [-0.25, -0.2) is 0 Å². The van der Waals surface area contributed by atoms with Gasteiger partial charge in [0.25, 0.3) is 0 Å². The Hall–Kier alpha value is -0.560. The molecule has 0 unspecified atom stereocenters. The minimum Gasteiger partial charge on any atom is -0.255 e. The van der Waals surface area contributed by atoms with Crippen molar-refractivity contribution in [2.24, 2.45) is 0 Å². The summed E-state index contributed by atoms with van der Waals surface area (Å²) in [6.45, 7) is 0. The molecule has 0 aromatic carbocycles. The number of pyridine rings is 1. The van der Waals surface area contributed by atoms with Gasteiger partial charge in [-0.05, 0) is 12.1 Å². The predicted octanol–water partition coefficient (Wildman–Crippen LogP) is 1.30. The largest absolute Gasteiger partial charge is 0.255 e. The van der Waals surface area contributed by atoms with Crippen LogP contribution in [0.2, 0.25) is 0 Å². The highest BCUT2D eigenvalue weighted by atomic mass is 35.5. The van der Waals surface area contributed by atoms with Gasteiger partial charge in [0.1, 0.15) is 0 Å². The second kappa shape index (κ2) is 3.62. The Kier molecular flexibility index (Phi) is 3.33. The minimum atomic E-state index is 0. The van der Waals surface area contributed by atoms with Crippen LogP contribution in [-0.4, -0.2) is 4.98 Å². The van der Waals surface area contributed by atoms with E-state index in [9.17, 15) is 0 Å². The van der Waals surface area contributed by atoms with E-state index in [2.05, 4.69) is 11.2 Å². The summed E-state index contributed by atoms with van der Waals surface area (Å²) in [6, 6.07) is 5.50. The lowest BCUT2D eigenvalue weighted by molar-refractivity contribution is 1.31. The SMILES string of the molecule is Cl.[c]1ccccn1. The van der Waals surface area contributed by atoms with Crippen LogP contribution in [0, 0.1) is 6.20 Å². The molecular weight excluding hydrogens is 110 g/mol. The number of halogens is 1. The van der Waals surface area contributed by atoms with Gasteiger partial charge >= 0.3 is 0 Å². The van der Waals surface area contributed by atoms with Crippen molar-refractivity contribution in [3.63, 3.8) is 0 Å². The van der Waals surface area contributed by atoms with E-state index in [0.29, 0.717) is 0 Å². The zero-order valence-electron chi connectivity index (χ0n) is 3.66. The molecule has 1 nitrogen and oxygen atoms in total. The van der Waals surface area contributed by atoms with Gasteiger partial charge in [-0.15, -0.1) is 12.4 Å². The fraction of sp³-hybridized carbons (Fsp3) is 0. The van der Waals surface area contributed by atoms with Gasteiger partial charge < -0.3 is 0 Å². The molecule has 1 radical (unpaired) electrons. The van der Waals surface area contributed by atoms with Crippen molar-refractivity contribution >= 4 is 12.4 Å². The van der Waals surface area contributed by atoms with Crippen LogP contribution in [0.1, 0.15) is 0 Å². The van der Waals surface area contributed by atoms with Crippen LogP contribution in [-0.2, 0) is 0 Å². The van der Waals surface area contributed by atoms with Gasteiger partial charge in [-0.1, -0.05) is 6.07 Å². The average Bonchev–Trinajstić information content (AvgIpc) is 1.72. The van der Waals surface area contributed by atoms with Crippen molar-refractivity contribution in [2.45, 2.75) is 0 Å². The third kappa shape index (κ3) is 2.18. The van der Waals surface area contributed by atoms with E-state index in [0.717, 1.165) is 0 Å². The number of rotatable bonds is 0. The van der Waals surface area contributed by atoms with Gasteiger partial charge in [0, 0.05) is 6.20 Å². The molecule has 0 bridgehead atoms. The van der Waals surface area contributed by atoms with E-state index in [1.54, 1.807) is 12.3 Å². The highest BCUT2D eigenvalue weighted by Gasteiger charge is 1.59. The number of hydrogen-bond donors (Lipinski definition) is 0. The molecule has 0 fully saturated rings. The number of aromatic nitrogens is 1. The topological polar surface area (TPSA) is 12.9 Å². The van der Waals surface area contributed by atoms with E-state index in [4.69, 9.17) is 0 Å². The zero-order valence-corrected chi connectivity index (χ0v) is 4.48. The maximum atomic E-state index is 3.66. The zero-order chi connectivity index (χ0) is 4.24. The lowest BCUT2D eigenvalue weighted by atomic mass is 10.5. The van der Waals surface area contributed by atoms with Crippen LogP contribution in [0.15, 0.2) is 24.4 Å². The highest BCUT2D eigenvalue weighted by Crippen LogP contribution is 1.72. The average molecular weight is 115 g/mol. The summed E-state index contributed by atoms with van der Waals surface area (Å²) >= 11 is 0. The minimum absolute atomic E-state index is 0. The summed E-state index contributed by atoms with van der Waals surface area (Å²) in [5.41, 5.74) is 0. The molecule has 0 atom stereocenters. The van der Waals surface area contributed by atoms with Gasteiger partial charge in [0.15, 0.2) is 0 Å². The Morgan fingerprint density at radius 1 is 1.29 bits per heavy atom. The molecule has 7 heavy (non-hydrogen) atoms. The van der Waals surface area contributed by atoms with Crippen molar-refractivity contribution in [3.05, 3.63) is 30.6 Å². The first-order chi connectivity index (χ1) is 3.00. The van der Waals surface area contributed by atoms with Crippen LogP contribution in [0.25, 0.3) is 0 Å². The van der Waals surface area contributed by atoms with Gasteiger partial charge in [0.2, 0.25) is 0 Å². The third-order valence-electron chi connectivity index (χ3n) is 0.517. The molecule has 37 valence electrons. The third-order valence-corrected chi connectivity index (χ3v) is 0.517. The van der Waals surface area contributed by atoms with Crippen molar-refractivity contribution in [2.75, 3.05) is 0 Å². The maximum absolute atomic E-state index is 3.66. The first kappa shape index (κ1) is 6.44. The summed E-state index contributed by atoms with van der Waals surface area (Å²) in [5, 5.41) is 0. The lowest BCUT2D eigenvalue weighted by Gasteiger charge is -1.68. The summed E-state index contributed by atoms with van der Waals surface area (Å²) in [7, 11) is 0. The van der Waals surface area contributed by atoms with Crippen LogP contribution in [0.5, 0.6) is 0 Å². The first-order valence-corrected chi connectivity index (χ1v) is 1.77. The monoisotopic (exact) mass is 114 g/mol. The van der Waals surface area contributed by atoms with Crippen LogP contribution in [0.3, 0.4) is 0 Å². The van der Waals surface area contributed by atoms with E-state index in [1.807, 2.05) is 12.1 Å². The van der Waals surface area contributed by atoms with Crippen molar-refractivity contribution in [3.8, 4) is 0 Å². The van der Waals surface area contributed by atoms with Crippen molar-refractivity contribution in [1.82, 2.24) is 4.98 Å². The first-order valence-electron chi connectivity index (χ1n) is 1.77. The predicted molar refractivity (Wildman–Crippen MR) is 30.3 cm³/mol. The molecule has 1 aromatic heterocycles. The summed E-state index contributed by atoms with van der Waals surface area (Å²) in [5.74, 6) is 0. The molecule has 0 N–H and O–H groups in total. The Bertz CT molecular complexity index is 80.0. The molecule has 0 spiro atoms. The molecule has 1 aromatic rings. The summed E-state index contributed by atoms with van der Waals surface area (Å²) < 4.78 is 0. The van der Waals surface area contributed by atoms with E-state index in [-0.39, 0.29) is 12.4 Å². The Morgan fingerprint density at radius 3 is 2.29 bits per heavy atom. The molecule has 0 amide bonds. The molecule has 0 saturated carbocycles. The van der Waals surface area contributed by atoms with E-state index < -0.39 is 0 Å². The molecular formula is C5H5ClN. The van der Waals surface area contributed by atoms with Gasteiger partial charge in [-0.2, -0.15) is 0 Å². The lowest BCUT2D eigenvalue weighted by Crippen LogP contribution is -1.60. The number of nitrogens with zero attached hydrogens (tertiary/aromatic N) is 1. The van der Waals surface area contributed by atoms with Gasteiger partial charge in [0.05, 0.1) is 6.20 Å². The molecule has 1 rings (SSSR count). The van der Waals surface area contributed by atoms with E-state index >= 15 is 0 Å². The Labute approximate surface area is 48.8 Å². The molecule has 0 aliphatic carbocycles. The van der Waals surface area contributed by atoms with Crippen LogP contribution in [0.4, 0.5) is 0 Å². The van der Waals surface area contributed by atoms with Crippen molar-refractivity contribution in [1.29, 1.82) is 0 Å². The van der Waals surface area contributed by atoms with Crippen molar-refractivity contribution < 1.29 is 0 Å². The fourth-order valence-electron chi connectivity index (χ4n) is 0.277. The molecule has 2 heteroatoms. The molecule has 1 heterocycles. The quantitative estimate of drug-likeness (QED) is 0.496. The maximum Gasteiger partial charge on any atom is 0.0886 e. The van der Waals surface area contributed by atoms with Crippen LogP contribution < -0.4 is 0 Å². The fourth-order valence-corrected chi connectivity index (χ4v) is 0.277. The second-order valence-corrected chi connectivity index (χ2v) is 0.959. The van der Waals surface area contributed by atoms with E-state index in [1.165, 1.54) is 0 Å².